The van der Waals surface area contributed by atoms with E-state index >= 15 is 0 Å². The first kappa shape index (κ1) is 15.7. The van der Waals surface area contributed by atoms with Crippen LogP contribution in [0.25, 0.3) is 0 Å². The molecule has 124 valence electrons. The molecule has 1 aromatic rings. The Labute approximate surface area is 134 Å². The third-order valence-electron chi connectivity index (χ3n) is 4.08. The van der Waals surface area contributed by atoms with Crippen LogP contribution in [0.2, 0.25) is 0 Å². The van der Waals surface area contributed by atoms with Crippen LogP contribution in [-0.4, -0.2) is 60.5 Å². The fourth-order valence-electron chi connectivity index (χ4n) is 2.57. The molecule has 7 heteroatoms. The van der Waals surface area contributed by atoms with Gasteiger partial charge >= 0.3 is 6.03 Å². The van der Waals surface area contributed by atoms with Gasteiger partial charge in [-0.2, -0.15) is 0 Å². The number of para-hydroxylation sites is 1. The second kappa shape index (κ2) is 6.95. The number of piperazine rings is 1. The number of hydrogen-bond acceptors (Lipinski definition) is 3. The van der Waals surface area contributed by atoms with E-state index < -0.39 is 5.82 Å². The van der Waals surface area contributed by atoms with E-state index in [1.165, 1.54) is 12.1 Å². The summed E-state index contributed by atoms with van der Waals surface area (Å²) in [5.41, 5.74) is 0.184. The SMILES string of the molecule is O=C(CN1CCN(C(=O)Nc2ccccc2F)CC1)NC1CC1. The molecular weight excluding hydrogens is 299 g/mol. The van der Waals surface area contributed by atoms with E-state index in [-0.39, 0.29) is 17.6 Å². The van der Waals surface area contributed by atoms with Gasteiger partial charge in [-0.1, -0.05) is 12.1 Å². The van der Waals surface area contributed by atoms with Gasteiger partial charge in [0.2, 0.25) is 5.91 Å². The molecule has 2 fully saturated rings. The minimum atomic E-state index is -0.448. The second-order valence-corrected chi connectivity index (χ2v) is 6.01. The minimum Gasteiger partial charge on any atom is -0.352 e. The lowest BCUT2D eigenvalue weighted by Crippen LogP contribution is -2.52. The number of nitrogens with zero attached hydrogens (tertiary/aromatic N) is 2. The first-order chi connectivity index (χ1) is 11.1. The molecule has 3 rings (SSSR count). The summed E-state index contributed by atoms with van der Waals surface area (Å²) in [5.74, 6) is -0.395. The van der Waals surface area contributed by atoms with Gasteiger partial charge in [0.1, 0.15) is 5.82 Å². The zero-order chi connectivity index (χ0) is 16.2. The van der Waals surface area contributed by atoms with Gasteiger partial charge < -0.3 is 15.5 Å². The summed E-state index contributed by atoms with van der Waals surface area (Å²) >= 11 is 0. The van der Waals surface area contributed by atoms with Crippen molar-refractivity contribution < 1.29 is 14.0 Å². The van der Waals surface area contributed by atoms with E-state index in [1.54, 1.807) is 17.0 Å². The van der Waals surface area contributed by atoms with Crippen LogP contribution in [-0.2, 0) is 4.79 Å². The van der Waals surface area contributed by atoms with Crippen LogP contribution in [0.1, 0.15) is 12.8 Å². The maximum Gasteiger partial charge on any atom is 0.322 e. The normalized spacial score (nSPS) is 18.6. The summed E-state index contributed by atoms with van der Waals surface area (Å²) in [6.07, 6.45) is 2.16. The van der Waals surface area contributed by atoms with Gasteiger partial charge in [-0.05, 0) is 25.0 Å². The standard InChI is InChI=1S/C16H21FN4O2/c17-13-3-1-2-4-14(13)19-16(23)21-9-7-20(8-10-21)11-15(22)18-12-5-6-12/h1-4,12H,5-11H2,(H,18,22)(H,19,23). The summed E-state index contributed by atoms with van der Waals surface area (Å²) in [7, 11) is 0. The maximum atomic E-state index is 13.5. The Kier molecular flexibility index (Phi) is 4.76. The molecular formula is C16H21FN4O2. The molecule has 1 aliphatic heterocycles. The van der Waals surface area contributed by atoms with Gasteiger partial charge in [0, 0.05) is 32.2 Å². The summed E-state index contributed by atoms with van der Waals surface area (Å²) in [6, 6.07) is 6.16. The predicted molar refractivity (Wildman–Crippen MR) is 84.6 cm³/mol. The monoisotopic (exact) mass is 320 g/mol. The number of carbonyl (C=O) groups is 2. The molecule has 0 radical (unpaired) electrons. The van der Waals surface area contributed by atoms with Gasteiger partial charge in [0.15, 0.2) is 0 Å². The highest BCUT2D eigenvalue weighted by atomic mass is 19.1. The van der Waals surface area contributed by atoms with Crippen molar-refractivity contribution in [2.24, 2.45) is 0 Å². The molecule has 1 aromatic carbocycles. The molecule has 1 heterocycles. The number of anilines is 1. The van der Waals surface area contributed by atoms with Crippen molar-refractivity contribution in [1.82, 2.24) is 15.1 Å². The molecule has 2 N–H and O–H groups in total. The average Bonchev–Trinajstić information content (AvgIpc) is 3.34. The van der Waals surface area contributed by atoms with Crippen molar-refractivity contribution in [1.29, 1.82) is 0 Å². The number of amides is 3. The Morgan fingerprint density at radius 1 is 1.13 bits per heavy atom. The maximum absolute atomic E-state index is 13.5. The fourth-order valence-corrected chi connectivity index (χ4v) is 2.57. The average molecular weight is 320 g/mol. The Hall–Kier alpha value is -2.15. The molecule has 1 saturated carbocycles. The smallest absolute Gasteiger partial charge is 0.322 e. The topological polar surface area (TPSA) is 64.7 Å². The highest BCUT2D eigenvalue weighted by Crippen LogP contribution is 2.18. The second-order valence-electron chi connectivity index (χ2n) is 6.01. The van der Waals surface area contributed by atoms with E-state index in [9.17, 15) is 14.0 Å². The van der Waals surface area contributed by atoms with Crippen molar-refractivity contribution in [2.75, 3.05) is 38.0 Å². The number of urea groups is 1. The number of benzene rings is 1. The molecule has 0 atom stereocenters. The third-order valence-corrected chi connectivity index (χ3v) is 4.08. The number of nitrogens with one attached hydrogen (secondary N) is 2. The first-order valence-corrected chi connectivity index (χ1v) is 7.94. The fraction of sp³-hybridized carbons (Fsp3) is 0.500. The minimum absolute atomic E-state index is 0.0526. The number of rotatable bonds is 4. The van der Waals surface area contributed by atoms with E-state index in [0.717, 1.165) is 12.8 Å². The van der Waals surface area contributed by atoms with Crippen molar-refractivity contribution in [2.45, 2.75) is 18.9 Å². The molecule has 3 amide bonds. The lowest BCUT2D eigenvalue weighted by molar-refractivity contribution is -0.122. The van der Waals surface area contributed by atoms with Crippen LogP contribution >= 0.6 is 0 Å². The highest BCUT2D eigenvalue weighted by Gasteiger charge is 2.26. The molecule has 1 saturated heterocycles. The van der Waals surface area contributed by atoms with Crippen molar-refractivity contribution in [3.63, 3.8) is 0 Å². The quantitative estimate of drug-likeness (QED) is 0.878. The zero-order valence-electron chi connectivity index (χ0n) is 12.9. The zero-order valence-corrected chi connectivity index (χ0v) is 12.9. The summed E-state index contributed by atoms with van der Waals surface area (Å²) in [4.78, 5) is 27.6. The molecule has 0 spiro atoms. The molecule has 0 aromatic heterocycles. The number of hydrogen-bond donors (Lipinski definition) is 2. The Bertz CT molecular complexity index is 583. The van der Waals surface area contributed by atoms with Gasteiger partial charge in [0.25, 0.3) is 0 Å². The number of carbonyl (C=O) groups excluding carboxylic acids is 2. The Morgan fingerprint density at radius 3 is 2.48 bits per heavy atom. The van der Waals surface area contributed by atoms with Crippen LogP contribution in [0.5, 0.6) is 0 Å². The molecule has 0 bridgehead atoms. The molecule has 1 aliphatic carbocycles. The van der Waals surface area contributed by atoms with Crippen LogP contribution in [0.15, 0.2) is 24.3 Å². The van der Waals surface area contributed by atoms with Crippen LogP contribution in [0.4, 0.5) is 14.9 Å². The van der Waals surface area contributed by atoms with E-state index in [4.69, 9.17) is 0 Å². The van der Waals surface area contributed by atoms with E-state index in [1.807, 2.05) is 4.90 Å². The van der Waals surface area contributed by atoms with Crippen molar-refractivity contribution >= 4 is 17.6 Å². The van der Waals surface area contributed by atoms with Crippen molar-refractivity contribution in [3.8, 4) is 0 Å². The lowest BCUT2D eigenvalue weighted by atomic mass is 10.3. The highest BCUT2D eigenvalue weighted by molar-refractivity contribution is 5.89. The van der Waals surface area contributed by atoms with E-state index in [0.29, 0.717) is 38.8 Å². The van der Waals surface area contributed by atoms with Crippen LogP contribution in [0.3, 0.4) is 0 Å². The molecule has 2 aliphatic rings. The van der Waals surface area contributed by atoms with Crippen LogP contribution in [0, 0.1) is 5.82 Å². The Balaban J connectivity index is 1.43. The predicted octanol–water partition coefficient (Wildman–Crippen LogP) is 1.25. The van der Waals surface area contributed by atoms with Gasteiger partial charge in [-0.3, -0.25) is 9.69 Å². The summed E-state index contributed by atoms with van der Waals surface area (Å²) in [5, 5.41) is 5.54. The lowest BCUT2D eigenvalue weighted by Gasteiger charge is -2.34. The number of halogens is 1. The van der Waals surface area contributed by atoms with Crippen LogP contribution < -0.4 is 10.6 Å². The Morgan fingerprint density at radius 2 is 1.83 bits per heavy atom. The van der Waals surface area contributed by atoms with E-state index in [2.05, 4.69) is 10.6 Å². The largest absolute Gasteiger partial charge is 0.352 e. The van der Waals surface area contributed by atoms with Gasteiger partial charge in [-0.25, -0.2) is 9.18 Å². The third kappa shape index (κ3) is 4.41. The summed E-state index contributed by atoms with van der Waals surface area (Å²) in [6.45, 7) is 2.71. The summed E-state index contributed by atoms with van der Waals surface area (Å²) < 4.78 is 13.5. The molecule has 23 heavy (non-hydrogen) atoms. The first-order valence-electron chi connectivity index (χ1n) is 7.94. The van der Waals surface area contributed by atoms with Gasteiger partial charge in [0.05, 0.1) is 12.2 Å². The van der Waals surface area contributed by atoms with Crippen molar-refractivity contribution in [3.05, 3.63) is 30.1 Å². The molecule has 0 unspecified atom stereocenters. The molecule has 6 nitrogen and oxygen atoms in total. The van der Waals surface area contributed by atoms with Gasteiger partial charge in [-0.15, -0.1) is 0 Å².